The van der Waals surface area contributed by atoms with Crippen molar-refractivity contribution in [2.45, 2.75) is 19.4 Å². The number of carbonyl (C=O) groups is 1. The van der Waals surface area contributed by atoms with Crippen molar-refractivity contribution in [3.05, 3.63) is 22.4 Å². The number of rotatable bonds is 8. The lowest BCUT2D eigenvalue weighted by Crippen LogP contribution is -2.31. The van der Waals surface area contributed by atoms with E-state index in [0.717, 1.165) is 0 Å². The van der Waals surface area contributed by atoms with Crippen molar-refractivity contribution in [1.29, 1.82) is 0 Å². The summed E-state index contributed by atoms with van der Waals surface area (Å²) < 4.78 is 30.1. The van der Waals surface area contributed by atoms with Crippen LogP contribution in [0, 0.1) is 0 Å². The van der Waals surface area contributed by atoms with Gasteiger partial charge in [-0.2, -0.15) is 11.3 Å². The lowest BCUT2D eigenvalue weighted by Gasteiger charge is -2.10. The Morgan fingerprint density at radius 3 is 2.89 bits per heavy atom. The summed E-state index contributed by atoms with van der Waals surface area (Å²) >= 11 is 1.42. The molecule has 1 heterocycles. The SMILES string of the molecule is CCOC(=O)CCS(=O)(=O)NCC(O)c1ccsc1. The highest BCUT2D eigenvalue weighted by Gasteiger charge is 2.16. The number of nitrogens with one attached hydrogen (secondary N) is 1. The van der Waals surface area contributed by atoms with E-state index < -0.39 is 22.1 Å². The Morgan fingerprint density at radius 1 is 1.58 bits per heavy atom. The molecule has 0 aliphatic rings. The smallest absolute Gasteiger partial charge is 0.306 e. The number of aliphatic hydroxyl groups excluding tert-OH is 1. The first-order valence-electron chi connectivity index (χ1n) is 5.77. The van der Waals surface area contributed by atoms with Gasteiger partial charge in [0.2, 0.25) is 10.0 Å². The number of carbonyl (C=O) groups excluding carboxylic acids is 1. The van der Waals surface area contributed by atoms with E-state index in [4.69, 9.17) is 0 Å². The molecule has 0 radical (unpaired) electrons. The van der Waals surface area contributed by atoms with E-state index in [0.29, 0.717) is 5.56 Å². The van der Waals surface area contributed by atoms with Gasteiger partial charge in [-0.05, 0) is 29.3 Å². The second kappa shape index (κ2) is 7.59. The number of hydrogen-bond acceptors (Lipinski definition) is 6. The summed E-state index contributed by atoms with van der Waals surface area (Å²) in [6, 6.07) is 1.72. The Hall–Kier alpha value is -0.960. The van der Waals surface area contributed by atoms with Crippen molar-refractivity contribution < 1.29 is 23.1 Å². The minimum absolute atomic E-state index is 0.109. The Bertz CT molecular complexity index is 483. The van der Waals surface area contributed by atoms with Gasteiger partial charge in [-0.25, -0.2) is 13.1 Å². The predicted molar refractivity (Wildman–Crippen MR) is 72.3 cm³/mol. The number of thiophene rings is 1. The van der Waals surface area contributed by atoms with Gasteiger partial charge in [-0.3, -0.25) is 4.79 Å². The molecular weight excluding hydrogens is 290 g/mol. The van der Waals surface area contributed by atoms with Crippen molar-refractivity contribution in [1.82, 2.24) is 4.72 Å². The molecule has 0 fully saturated rings. The largest absolute Gasteiger partial charge is 0.466 e. The van der Waals surface area contributed by atoms with Crippen LogP contribution in [0.5, 0.6) is 0 Å². The molecule has 1 aromatic rings. The van der Waals surface area contributed by atoms with Crippen molar-refractivity contribution in [3.8, 4) is 0 Å². The van der Waals surface area contributed by atoms with E-state index >= 15 is 0 Å². The minimum Gasteiger partial charge on any atom is -0.466 e. The fourth-order valence-electron chi connectivity index (χ4n) is 1.31. The zero-order valence-corrected chi connectivity index (χ0v) is 12.2. The van der Waals surface area contributed by atoms with Crippen LogP contribution in [0.4, 0.5) is 0 Å². The highest BCUT2D eigenvalue weighted by molar-refractivity contribution is 7.89. The Kier molecular flexibility index (Phi) is 6.43. The van der Waals surface area contributed by atoms with Gasteiger partial charge < -0.3 is 9.84 Å². The molecule has 0 amide bonds. The highest BCUT2D eigenvalue weighted by atomic mass is 32.2. The van der Waals surface area contributed by atoms with Gasteiger partial charge in [0.15, 0.2) is 0 Å². The topological polar surface area (TPSA) is 92.7 Å². The number of hydrogen-bond donors (Lipinski definition) is 2. The van der Waals surface area contributed by atoms with Crippen molar-refractivity contribution in [3.63, 3.8) is 0 Å². The van der Waals surface area contributed by atoms with Gasteiger partial charge in [0.1, 0.15) is 0 Å². The maximum absolute atomic E-state index is 11.6. The third-order valence-corrected chi connectivity index (χ3v) is 4.35. The number of sulfonamides is 1. The summed E-state index contributed by atoms with van der Waals surface area (Å²) in [7, 11) is -3.59. The van der Waals surface area contributed by atoms with Crippen LogP contribution >= 0.6 is 11.3 Å². The molecule has 108 valence electrons. The van der Waals surface area contributed by atoms with E-state index in [9.17, 15) is 18.3 Å². The molecular formula is C11H17NO5S2. The van der Waals surface area contributed by atoms with E-state index in [-0.39, 0.29) is 25.3 Å². The molecule has 2 N–H and O–H groups in total. The molecule has 19 heavy (non-hydrogen) atoms. The van der Waals surface area contributed by atoms with Gasteiger partial charge in [0, 0.05) is 6.54 Å². The van der Waals surface area contributed by atoms with E-state index in [1.165, 1.54) is 11.3 Å². The molecule has 1 unspecified atom stereocenters. The monoisotopic (exact) mass is 307 g/mol. The molecule has 0 aliphatic heterocycles. The molecule has 0 saturated carbocycles. The molecule has 1 rings (SSSR count). The number of ether oxygens (including phenoxy) is 1. The van der Waals surface area contributed by atoms with Crippen LogP contribution in [-0.2, 0) is 19.6 Å². The third kappa shape index (κ3) is 6.15. The van der Waals surface area contributed by atoms with Crippen LogP contribution in [0.3, 0.4) is 0 Å². The van der Waals surface area contributed by atoms with Gasteiger partial charge in [-0.15, -0.1) is 0 Å². The molecule has 0 aliphatic carbocycles. The standard InChI is InChI=1S/C11H17NO5S2/c1-2-17-11(14)4-6-19(15,16)12-7-10(13)9-3-5-18-8-9/h3,5,8,10,12-13H,2,4,6-7H2,1H3. The van der Waals surface area contributed by atoms with E-state index in [2.05, 4.69) is 9.46 Å². The summed E-state index contributed by atoms with van der Waals surface area (Å²) in [5.41, 5.74) is 0.665. The fourth-order valence-corrected chi connectivity index (χ4v) is 3.01. The average Bonchev–Trinajstić information content (AvgIpc) is 2.88. The van der Waals surface area contributed by atoms with Crippen molar-refractivity contribution in [2.24, 2.45) is 0 Å². The lowest BCUT2D eigenvalue weighted by atomic mass is 10.2. The fraction of sp³-hybridized carbons (Fsp3) is 0.545. The maximum atomic E-state index is 11.6. The van der Waals surface area contributed by atoms with Crippen LogP contribution in [0.1, 0.15) is 25.0 Å². The minimum atomic E-state index is -3.59. The summed E-state index contributed by atoms with van der Waals surface area (Å²) in [5.74, 6) is -0.895. The maximum Gasteiger partial charge on any atom is 0.306 e. The summed E-state index contributed by atoms with van der Waals surface area (Å²) in [4.78, 5) is 11.1. The molecule has 0 spiro atoms. The van der Waals surface area contributed by atoms with Crippen LogP contribution in [0.2, 0.25) is 0 Å². The number of esters is 1. The zero-order valence-electron chi connectivity index (χ0n) is 10.5. The first-order chi connectivity index (χ1) is 8.94. The molecule has 1 atom stereocenters. The van der Waals surface area contributed by atoms with E-state index in [1.807, 2.05) is 0 Å². The third-order valence-electron chi connectivity index (χ3n) is 2.30. The molecule has 8 heteroatoms. The zero-order chi connectivity index (χ0) is 14.3. The van der Waals surface area contributed by atoms with E-state index in [1.54, 1.807) is 23.8 Å². The summed E-state index contributed by atoms with van der Waals surface area (Å²) in [6.07, 6.45) is -1.08. The molecule has 0 saturated heterocycles. The second-order valence-electron chi connectivity index (χ2n) is 3.79. The summed E-state index contributed by atoms with van der Waals surface area (Å²) in [5, 5.41) is 13.3. The van der Waals surface area contributed by atoms with Crippen LogP contribution in [-0.4, -0.2) is 38.4 Å². The first kappa shape index (κ1) is 16.1. The van der Waals surface area contributed by atoms with Gasteiger partial charge in [0.05, 0.1) is 24.9 Å². The van der Waals surface area contributed by atoms with Gasteiger partial charge >= 0.3 is 5.97 Å². The summed E-state index contributed by atoms with van der Waals surface area (Å²) in [6.45, 7) is 1.77. The van der Waals surface area contributed by atoms with Gasteiger partial charge in [0.25, 0.3) is 0 Å². The molecule has 1 aromatic heterocycles. The van der Waals surface area contributed by atoms with Crippen LogP contribution in [0.25, 0.3) is 0 Å². The number of aliphatic hydroxyl groups is 1. The highest BCUT2D eigenvalue weighted by Crippen LogP contribution is 2.15. The lowest BCUT2D eigenvalue weighted by molar-refractivity contribution is -0.142. The van der Waals surface area contributed by atoms with Crippen molar-refractivity contribution >= 4 is 27.3 Å². The first-order valence-corrected chi connectivity index (χ1v) is 8.37. The van der Waals surface area contributed by atoms with Crippen LogP contribution < -0.4 is 4.72 Å². The predicted octanol–water partition coefficient (Wildman–Crippen LogP) is 0.654. The Morgan fingerprint density at radius 2 is 2.32 bits per heavy atom. The molecule has 0 bridgehead atoms. The van der Waals surface area contributed by atoms with Gasteiger partial charge in [-0.1, -0.05) is 0 Å². The average molecular weight is 307 g/mol. The Balaban J connectivity index is 2.36. The van der Waals surface area contributed by atoms with Crippen molar-refractivity contribution in [2.75, 3.05) is 18.9 Å². The van der Waals surface area contributed by atoms with Crippen LogP contribution in [0.15, 0.2) is 16.8 Å². The normalized spacial score (nSPS) is 13.2. The second-order valence-corrected chi connectivity index (χ2v) is 6.50. The molecule has 6 nitrogen and oxygen atoms in total. The quantitative estimate of drug-likeness (QED) is 0.688. The Labute approximate surface area is 116 Å². The molecule has 0 aromatic carbocycles.